The number of nitrogens with zero attached hydrogens (tertiary/aromatic N) is 4. The van der Waals surface area contributed by atoms with E-state index in [1.165, 1.54) is 24.1 Å². The lowest BCUT2D eigenvalue weighted by atomic mass is 10.1. The Bertz CT molecular complexity index is 2110. The van der Waals surface area contributed by atoms with E-state index in [1.807, 2.05) is 28.0 Å². The van der Waals surface area contributed by atoms with Crippen molar-refractivity contribution in [1.82, 2.24) is 9.80 Å². The van der Waals surface area contributed by atoms with Crippen molar-refractivity contribution in [2.24, 2.45) is 0 Å². The molecule has 0 atom stereocenters. The Morgan fingerprint density at radius 1 is 0.603 bits per heavy atom. The molecule has 8 rings (SSSR count). The van der Waals surface area contributed by atoms with Crippen molar-refractivity contribution in [1.29, 1.82) is 0 Å². The molecular weight excluding hydrogens is 753 g/mol. The van der Waals surface area contributed by atoms with E-state index >= 15 is 0 Å². The highest BCUT2D eigenvalue weighted by molar-refractivity contribution is 5.98. The van der Waals surface area contributed by atoms with E-state index in [-0.39, 0.29) is 18.1 Å². The van der Waals surface area contributed by atoms with E-state index < -0.39 is 11.7 Å². The molecule has 0 bridgehead atoms. The van der Waals surface area contributed by atoms with E-state index in [1.54, 1.807) is 61.9 Å². The second-order valence-corrected chi connectivity index (χ2v) is 14.0. The van der Waals surface area contributed by atoms with Crippen LogP contribution in [0.4, 0.5) is 24.5 Å². The summed E-state index contributed by atoms with van der Waals surface area (Å²) in [6, 6.07) is 23.9. The molecule has 4 aromatic rings. The lowest BCUT2D eigenvalue weighted by molar-refractivity contribution is -0.137. The summed E-state index contributed by atoms with van der Waals surface area (Å²) in [6.07, 6.45) is 2.31. The van der Waals surface area contributed by atoms with Crippen molar-refractivity contribution in [2.45, 2.75) is 6.18 Å². The van der Waals surface area contributed by atoms with E-state index in [9.17, 15) is 22.8 Å². The molecule has 304 valence electrons. The second-order valence-electron chi connectivity index (χ2n) is 14.0. The smallest absolute Gasteiger partial charge is 0.416 e. The molecule has 0 radical (unpaired) electrons. The molecule has 4 aliphatic rings. The van der Waals surface area contributed by atoms with Crippen molar-refractivity contribution in [3.05, 3.63) is 126 Å². The first-order chi connectivity index (χ1) is 28.1. The molecule has 0 unspecified atom stereocenters. The van der Waals surface area contributed by atoms with Gasteiger partial charge in [-0.2, -0.15) is 13.2 Å². The van der Waals surface area contributed by atoms with Crippen LogP contribution in [0.1, 0.15) is 26.3 Å². The summed E-state index contributed by atoms with van der Waals surface area (Å²) in [5, 5.41) is 0. The zero-order chi connectivity index (χ0) is 40.5. The van der Waals surface area contributed by atoms with Crippen LogP contribution < -0.4 is 33.5 Å². The average Bonchev–Trinajstić information content (AvgIpc) is 3.64. The minimum absolute atomic E-state index is 0.0397. The fraction of sp³-hybridized carbons (Fsp3) is 0.318. The molecule has 14 heteroatoms. The van der Waals surface area contributed by atoms with Gasteiger partial charge in [0.15, 0.2) is 34.6 Å². The number of piperazine rings is 2. The first kappa shape index (κ1) is 40.2. The molecule has 11 nitrogen and oxygen atoms in total. The Morgan fingerprint density at radius 2 is 1.10 bits per heavy atom. The number of ether oxygens (including phenoxy) is 5. The monoisotopic (exact) mass is 798 g/mol. The topological polar surface area (TPSA) is 93.2 Å². The minimum Gasteiger partial charge on any atom is -0.497 e. The first-order valence-electron chi connectivity index (χ1n) is 19.1. The van der Waals surface area contributed by atoms with Crippen LogP contribution in [-0.4, -0.2) is 107 Å². The van der Waals surface area contributed by atoms with Crippen molar-refractivity contribution < 1.29 is 46.4 Å². The molecule has 0 N–H and O–H groups in total. The number of benzene rings is 4. The maximum absolute atomic E-state index is 12.9. The third-order valence-electron chi connectivity index (χ3n) is 10.2. The molecule has 2 fully saturated rings. The van der Waals surface area contributed by atoms with Gasteiger partial charge in [0.2, 0.25) is 0 Å². The molecule has 4 aliphatic heterocycles. The summed E-state index contributed by atoms with van der Waals surface area (Å²) in [5.41, 5.74) is 2.26. The van der Waals surface area contributed by atoms with Gasteiger partial charge in [-0.1, -0.05) is 6.07 Å². The Labute approximate surface area is 335 Å². The molecule has 58 heavy (non-hydrogen) atoms. The van der Waals surface area contributed by atoms with Gasteiger partial charge in [0.1, 0.15) is 19.0 Å². The minimum atomic E-state index is -4.36. The van der Waals surface area contributed by atoms with Crippen LogP contribution in [-0.2, 0) is 6.18 Å². The van der Waals surface area contributed by atoms with Crippen LogP contribution >= 0.6 is 0 Å². The maximum Gasteiger partial charge on any atom is 0.416 e. The van der Waals surface area contributed by atoms with Crippen LogP contribution in [0.2, 0.25) is 0 Å². The van der Waals surface area contributed by atoms with Gasteiger partial charge in [-0.3, -0.25) is 19.4 Å². The highest BCUT2D eigenvalue weighted by atomic mass is 19.4. The molecule has 4 heterocycles. The summed E-state index contributed by atoms with van der Waals surface area (Å²) < 4.78 is 66.1. The van der Waals surface area contributed by atoms with Crippen molar-refractivity contribution in [2.75, 3.05) is 95.6 Å². The number of hydrogen-bond acceptors (Lipinski definition) is 11. The SMILES string of the molecule is COc1ccc(N2CCN(CC(=O)c3ccc4c(c3)OC=CCO4)CC2)cc1.O=C(CN1CCN(c2cccc(C(F)(F)F)c2)CC1)c1ccc2c(c1)OC=CCO2. The molecule has 0 spiro atoms. The van der Waals surface area contributed by atoms with Crippen LogP contribution in [0.5, 0.6) is 28.7 Å². The number of carbonyl (C=O) groups is 2. The first-order valence-corrected chi connectivity index (χ1v) is 19.1. The Morgan fingerprint density at radius 3 is 1.59 bits per heavy atom. The number of carbonyl (C=O) groups excluding carboxylic acids is 2. The number of methoxy groups -OCH3 is 1. The van der Waals surface area contributed by atoms with E-state index in [4.69, 9.17) is 23.7 Å². The average molecular weight is 799 g/mol. The highest BCUT2D eigenvalue weighted by Crippen LogP contribution is 2.33. The van der Waals surface area contributed by atoms with Crippen LogP contribution in [0, 0.1) is 0 Å². The maximum atomic E-state index is 12.9. The van der Waals surface area contributed by atoms with Gasteiger partial charge in [-0.25, -0.2) is 0 Å². The zero-order valence-corrected chi connectivity index (χ0v) is 32.2. The van der Waals surface area contributed by atoms with E-state index in [0.29, 0.717) is 85.7 Å². The van der Waals surface area contributed by atoms with Crippen molar-refractivity contribution in [3.63, 3.8) is 0 Å². The molecular formula is C44H45F3N4O7. The third kappa shape index (κ3) is 10.3. The third-order valence-corrected chi connectivity index (χ3v) is 10.2. The number of rotatable bonds is 9. The van der Waals surface area contributed by atoms with Gasteiger partial charge in [-0.15, -0.1) is 0 Å². The fourth-order valence-corrected chi connectivity index (χ4v) is 6.97. The summed E-state index contributed by atoms with van der Waals surface area (Å²) in [5.74, 6) is 3.26. The van der Waals surface area contributed by atoms with Crippen LogP contribution in [0.15, 0.2) is 110 Å². The van der Waals surface area contributed by atoms with Gasteiger partial charge in [0.05, 0.1) is 38.3 Å². The summed E-state index contributed by atoms with van der Waals surface area (Å²) in [4.78, 5) is 33.9. The van der Waals surface area contributed by atoms with E-state index in [2.05, 4.69) is 21.9 Å². The largest absolute Gasteiger partial charge is 0.497 e. The Hall–Kier alpha value is -5.99. The predicted molar refractivity (Wildman–Crippen MR) is 214 cm³/mol. The van der Waals surface area contributed by atoms with Crippen LogP contribution in [0.3, 0.4) is 0 Å². The normalized spacial score (nSPS) is 16.8. The highest BCUT2D eigenvalue weighted by Gasteiger charge is 2.31. The number of fused-ring (bicyclic) bond motifs is 2. The Balaban J connectivity index is 0.000000177. The second kappa shape index (κ2) is 18.5. The predicted octanol–water partition coefficient (Wildman–Crippen LogP) is 6.98. The van der Waals surface area contributed by atoms with Gasteiger partial charge in [-0.05, 0) is 91.0 Å². The number of hydrogen-bond donors (Lipinski definition) is 0. The van der Waals surface area contributed by atoms with Crippen molar-refractivity contribution >= 4 is 22.9 Å². The summed E-state index contributed by atoms with van der Waals surface area (Å²) in [7, 11) is 1.67. The lowest BCUT2D eigenvalue weighted by Crippen LogP contribution is -2.48. The molecule has 0 saturated carbocycles. The summed E-state index contributed by atoms with van der Waals surface area (Å²) >= 11 is 0. The molecule has 2 saturated heterocycles. The molecule has 0 amide bonds. The van der Waals surface area contributed by atoms with Gasteiger partial charge in [0, 0.05) is 74.9 Å². The standard InChI is InChI=1S/C22H21F3N2O3.C22H24N2O4/c23-22(24,25)17-3-1-4-18(14-17)27-9-7-26(8-10-27)15-19(28)16-5-6-20-21(13-16)30-12-2-11-29-20;1-26-19-6-4-18(5-7-19)24-11-9-23(10-12-24)16-20(25)17-3-8-21-22(15-17)28-14-2-13-27-21/h1-6,12-14H,7-11,15H2;2-8,14-15H,9-13,16H2,1H3. The van der Waals surface area contributed by atoms with Crippen molar-refractivity contribution in [3.8, 4) is 28.7 Å². The molecule has 0 aromatic heterocycles. The number of alkyl halides is 3. The quantitative estimate of drug-likeness (QED) is 0.164. The molecule has 4 aromatic carbocycles. The van der Waals surface area contributed by atoms with Crippen LogP contribution in [0.25, 0.3) is 0 Å². The lowest BCUT2D eigenvalue weighted by Gasteiger charge is -2.36. The van der Waals surface area contributed by atoms with Gasteiger partial charge in [0.25, 0.3) is 0 Å². The zero-order valence-electron chi connectivity index (χ0n) is 32.2. The van der Waals surface area contributed by atoms with Gasteiger partial charge < -0.3 is 33.5 Å². The fourth-order valence-electron chi connectivity index (χ4n) is 6.97. The summed E-state index contributed by atoms with van der Waals surface area (Å²) in [6.45, 7) is 7.33. The van der Waals surface area contributed by atoms with Gasteiger partial charge >= 0.3 is 6.18 Å². The van der Waals surface area contributed by atoms with E-state index in [0.717, 1.165) is 38.0 Å². The number of ketones is 2. The number of anilines is 2. The number of halogens is 3. The Kier molecular flexibility index (Phi) is 12.8. The molecule has 0 aliphatic carbocycles. The number of Topliss-reactive ketones (excluding diaryl/α,β-unsaturated/α-hetero) is 2.